The van der Waals surface area contributed by atoms with Crippen molar-refractivity contribution < 1.29 is 4.43 Å². The quantitative estimate of drug-likeness (QED) is 0.605. The van der Waals surface area contributed by atoms with Gasteiger partial charge in [-0.3, -0.25) is 0 Å². The Labute approximate surface area is 138 Å². The van der Waals surface area contributed by atoms with Crippen LogP contribution in [0.2, 0.25) is 13.1 Å². The van der Waals surface area contributed by atoms with Crippen LogP contribution in [0.4, 0.5) is 0 Å². The summed E-state index contributed by atoms with van der Waals surface area (Å²) in [6, 6.07) is 14.9. The van der Waals surface area contributed by atoms with E-state index in [1.807, 2.05) is 6.07 Å². The summed E-state index contributed by atoms with van der Waals surface area (Å²) in [5.74, 6) is 0.981. The Hall–Kier alpha value is -1.06. The zero-order chi connectivity index (χ0) is 15.6. The van der Waals surface area contributed by atoms with E-state index in [9.17, 15) is 0 Å². The Bertz CT molecular complexity index is 629. The van der Waals surface area contributed by atoms with Gasteiger partial charge in [0.1, 0.15) is 5.75 Å². The number of halogens is 1. The van der Waals surface area contributed by atoms with E-state index in [-0.39, 0.29) is 5.41 Å². The lowest BCUT2D eigenvalue weighted by Crippen LogP contribution is -2.12. The lowest BCUT2D eigenvalue weighted by molar-refractivity contribution is 0.581. The van der Waals surface area contributed by atoms with E-state index in [0.29, 0.717) is 0 Å². The predicted octanol–water partition coefficient (Wildman–Crippen LogP) is 6.04. The van der Waals surface area contributed by atoms with Crippen molar-refractivity contribution in [2.24, 2.45) is 0 Å². The molecule has 0 aliphatic carbocycles. The van der Waals surface area contributed by atoms with Gasteiger partial charge in [-0.15, -0.1) is 0 Å². The van der Waals surface area contributed by atoms with Gasteiger partial charge >= 0.3 is 0 Å². The molecular formula is C18H22BrOSi. The summed E-state index contributed by atoms with van der Waals surface area (Å²) in [5, 5.41) is 0. The normalized spacial score (nSPS) is 11.8. The largest absolute Gasteiger partial charge is 0.542 e. The second-order valence-corrected chi connectivity index (χ2v) is 9.42. The average molecular weight is 362 g/mol. The first kappa shape index (κ1) is 16.3. The first-order chi connectivity index (χ1) is 9.77. The number of benzene rings is 2. The molecule has 0 atom stereocenters. The van der Waals surface area contributed by atoms with Crippen LogP contribution in [0, 0.1) is 0 Å². The third-order valence-electron chi connectivity index (χ3n) is 3.28. The summed E-state index contributed by atoms with van der Waals surface area (Å²) in [6.07, 6.45) is 0. The molecule has 1 nitrogen and oxygen atoms in total. The average Bonchev–Trinajstić information content (AvgIpc) is 2.37. The van der Waals surface area contributed by atoms with Crippen molar-refractivity contribution >= 4 is 25.0 Å². The molecule has 3 heteroatoms. The van der Waals surface area contributed by atoms with Gasteiger partial charge in [0.05, 0.1) is 0 Å². The third-order valence-corrected chi connectivity index (χ3v) is 4.36. The van der Waals surface area contributed by atoms with Crippen LogP contribution in [0.25, 0.3) is 11.1 Å². The highest BCUT2D eigenvalue weighted by atomic mass is 79.9. The lowest BCUT2D eigenvalue weighted by Gasteiger charge is -2.21. The molecule has 1 radical (unpaired) electrons. The molecule has 0 unspecified atom stereocenters. The molecule has 0 bridgehead atoms. The van der Waals surface area contributed by atoms with Crippen LogP contribution in [0.5, 0.6) is 5.75 Å². The molecule has 0 amide bonds. The Balaban J connectivity index is 2.54. The molecule has 2 rings (SSSR count). The second-order valence-electron chi connectivity index (χ2n) is 6.49. The van der Waals surface area contributed by atoms with Crippen LogP contribution in [0.3, 0.4) is 0 Å². The highest BCUT2D eigenvalue weighted by Crippen LogP contribution is 2.35. The van der Waals surface area contributed by atoms with Crippen LogP contribution < -0.4 is 4.43 Å². The van der Waals surface area contributed by atoms with E-state index in [4.69, 9.17) is 4.43 Å². The molecule has 0 saturated carbocycles. The molecule has 2 aromatic rings. The van der Waals surface area contributed by atoms with Crippen LogP contribution in [-0.4, -0.2) is 9.04 Å². The van der Waals surface area contributed by atoms with Gasteiger partial charge in [0, 0.05) is 10.0 Å². The van der Waals surface area contributed by atoms with Gasteiger partial charge in [-0.25, -0.2) is 0 Å². The minimum absolute atomic E-state index is 0.124. The number of hydrogen-bond donors (Lipinski definition) is 0. The van der Waals surface area contributed by atoms with Crippen LogP contribution in [0.1, 0.15) is 26.3 Å². The zero-order valence-corrected chi connectivity index (χ0v) is 15.9. The molecule has 0 spiro atoms. The van der Waals surface area contributed by atoms with Crippen LogP contribution >= 0.6 is 15.9 Å². The maximum absolute atomic E-state index is 6.05. The summed E-state index contributed by atoms with van der Waals surface area (Å²) < 4.78 is 7.16. The number of rotatable bonds is 3. The summed E-state index contributed by atoms with van der Waals surface area (Å²) in [4.78, 5) is 0. The molecule has 0 heterocycles. The SMILES string of the molecule is C[Si](C)Oc1ccccc1-c1cc(Br)cc(C(C)(C)C)c1. The Kier molecular flexibility index (Phi) is 4.94. The van der Waals surface area contributed by atoms with E-state index >= 15 is 0 Å². The van der Waals surface area contributed by atoms with Gasteiger partial charge in [-0.1, -0.05) is 61.0 Å². The third kappa shape index (κ3) is 4.21. The van der Waals surface area contributed by atoms with Crippen LogP contribution in [-0.2, 0) is 5.41 Å². The first-order valence-corrected chi connectivity index (χ1v) is 10.4. The van der Waals surface area contributed by atoms with E-state index in [1.54, 1.807) is 0 Å². The van der Waals surface area contributed by atoms with Gasteiger partial charge in [-0.05, 0) is 47.8 Å². The summed E-state index contributed by atoms with van der Waals surface area (Å²) in [7, 11) is -0.776. The molecule has 0 aromatic heterocycles. The van der Waals surface area contributed by atoms with E-state index < -0.39 is 9.04 Å². The van der Waals surface area contributed by atoms with Crippen molar-refractivity contribution in [3.63, 3.8) is 0 Å². The fraction of sp³-hybridized carbons (Fsp3) is 0.333. The van der Waals surface area contributed by atoms with Crippen LogP contribution in [0.15, 0.2) is 46.9 Å². The fourth-order valence-corrected chi connectivity index (χ4v) is 3.30. The Morgan fingerprint density at radius 3 is 2.29 bits per heavy atom. The van der Waals surface area contributed by atoms with E-state index in [0.717, 1.165) is 15.8 Å². The van der Waals surface area contributed by atoms with E-state index in [1.165, 1.54) is 11.1 Å². The van der Waals surface area contributed by atoms with Gasteiger partial charge in [0.25, 0.3) is 9.04 Å². The molecule has 21 heavy (non-hydrogen) atoms. The van der Waals surface area contributed by atoms with Crippen molar-refractivity contribution in [1.29, 1.82) is 0 Å². The van der Waals surface area contributed by atoms with Crippen molar-refractivity contribution in [2.45, 2.75) is 39.3 Å². The molecular weight excluding hydrogens is 340 g/mol. The maximum Gasteiger partial charge on any atom is 0.274 e. The first-order valence-electron chi connectivity index (χ1n) is 7.16. The van der Waals surface area contributed by atoms with Gasteiger partial charge in [0.2, 0.25) is 0 Å². The highest BCUT2D eigenvalue weighted by Gasteiger charge is 2.17. The van der Waals surface area contributed by atoms with Crippen molar-refractivity contribution in [2.75, 3.05) is 0 Å². The standard InChI is InChI=1S/C18H22BrOSi/c1-18(2,3)14-10-13(11-15(19)12-14)16-8-6-7-9-17(16)20-21(4)5/h6-12H,1-5H3. The lowest BCUT2D eigenvalue weighted by atomic mass is 9.85. The summed E-state index contributed by atoms with van der Waals surface area (Å²) in [6.45, 7) is 11.0. The number of hydrogen-bond acceptors (Lipinski definition) is 1. The zero-order valence-electron chi connectivity index (χ0n) is 13.3. The molecule has 111 valence electrons. The molecule has 0 saturated heterocycles. The second kappa shape index (κ2) is 6.37. The van der Waals surface area contributed by atoms with Gasteiger partial charge < -0.3 is 4.43 Å². The molecule has 0 N–H and O–H groups in total. The van der Waals surface area contributed by atoms with Crippen molar-refractivity contribution in [1.82, 2.24) is 0 Å². The summed E-state index contributed by atoms with van der Waals surface area (Å²) >= 11 is 3.64. The smallest absolute Gasteiger partial charge is 0.274 e. The Morgan fingerprint density at radius 2 is 1.67 bits per heavy atom. The van der Waals surface area contributed by atoms with E-state index in [2.05, 4.69) is 86.2 Å². The highest BCUT2D eigenvalue weighted by molar-refractivity contribution is 9.10. The van der Waals surface area contributed by atoms with Gasteiger partial charge in [0.15, 0.2) is 0 Å². The Morgan fingerprint density at radius 1 is 1.00 bits per heavy atom. The topological polar surface area (TPSA) is 9.23 Å². The monoisotopic (exact) mass is 361 g/mol. The summed E-state index contributed by atoms with van der Waals surface area (Å²) in [5.41, 5.74) is 3.81. The van der Waals surface area contributed by atoms with Crippen molar-refractivity contribution in [3.8, 4) is 16.9 Å². The molecule has 0 fully saturated rings. The minimum Gasteiger partial charge on any atom is -0.542 e. The molecule has 0 aliphatic heterocycles. The van der Waals surface area contributed by atoms with Crippen molar-refractivity contribution in [3.05, 3.63) is 52.5 Å². The molecule has 0 aliphatic rings. The molecule has 2 aromatic carbocycles. The van der Waals surface area contributed by atoms with Gasteiger partial charge in [-0.2, -0.15) is 0 Å². The predicted molar refractivity (Wildman–Crippen MR) is 96.4 cm³/mol. The maximum atomic E-state index is 6.05. The fourth-order valence-electron chi connectivity index (χ4n) is 2.19. The minimum atomic E-state index is -0.776. The number of para-hydroxylation sites is 1.